The van der Waals surface area contributed by atoms with Gasteiger partial charge in [0.25, 0.3) is 0 Å². The maximum atomic E-state index is 9.73. The molecule has 2 aromatic carbocycles. The largest absolute Gasteiger partial charge is 0.508 e. The smallest absolute Gasteiger partial charge is 0.157 e. The molecule has 0 amide bonds. The first kappa shape index (κ1) is 16.2. The highest BCUT2D eigenvalue weighted by molar-refractivity contribution is 5.43. The summed E-state index contributed by atoms with van der Waals surface area (Å²) >= 11 is 0. The van der Waals surface area contributed by atoms with Crippen LogP contribution in [0.2, 0.25) is 0 Å². The minimum Gasteiger partial charge on any atom is -0.508 e. The lowest BCUT2D eigenvalue weighted by atomic mass is 9.78. The number of aliphatic hydroxyl groups excluding tert-OH is 1. The molecule has 2 unspecified atom stereocenters. The second-order valence-electron chi connectivity index (χ2n) is 5.47. The lowest BCUT2D eigenvalue weighted by Gasteiger charge is -2.27. The van der Waals surface area contributed by atoms with Gasteiger partial charge in [-0.25, -0.2) is 0 Å². The average Bonchev–Trinajstić information content (AvgIpc) is 2.51. The number of hydrogen-bond donors (Lipinski definition) is 4. The van der Waals surface area contributed by atoms with E-state index in [0.29, 0.717) is 6.42 Å². The zero-order chi connectivity index (χ0) is 16.1. The van der Waals surface area contributed by atoms with Crippen LogP contribution in [0.4, 0.5) is 0 Å². The summed E-state index contributed by atoms with van der Waals surface area (Å²) in [4.78, 5) is 0. The maximum absolute atomic E-state index is 9.73. The molecule has 2 atom stereocenters. The molecular weight excluding hydrogens is 280 g/mol. The molecule has 0 aliphatic carbocycles. The highest BCUT2D eigenvalue weighted by atomic mass is 16.3. The van der Waals surface area contributed by atoms with Gasteiger partial charge in [0, 0.05) is 6.61 Å². The van der Waals surface area contributed by atoms with Gasteiger partial charge in [-0.05, 0) is 60.1 Å². The average molecular weight is 302 g/mol. The van der Waals surface area contributed by atoms with Gasteiger partial charge >= 0.3 is 0 Å². The van der Waals surface area contributed by atoms with Crippen molar-refractivity contribution in [3.8, 4) is 17.2 Å². The van der Waals surface area contributed by atoms with Crippen LogP contribution in [0.25, 0.3) is 0 Å². The van der Waals surface area contributed by atoms with Crippen LogP contribution in [0.3, 0.4) is 0 Å². The highest BCUT2D eigenvalue weighted by Gasteiger charge is 2.24. The van der Waals surface area contributed by atoms with Crippen LogP contribution in [-0.4, -0.2) is 27.0 Å². The van der Waals surface area contributed by atoms with Crippen LogP contribution in [0.1, 0.15) is 42.7 Å². The van der Waals surface area contributed by atoms with Crippen molar-refractivity contribution in [2.75, 3.05) is 6.61 Å². The number of phenols is 3. The Morgan fingerprint density at radius 2 is 1.45 bits per heavy atom. The van der Waals surface area contributed by atoms with E-state index in [0.717, 1.165) is 17.5 Å². The van der Waals surface area contributed by atoms with Crippen molar-refractivity contribution < 1.29 is 20.4 Å². The van der Waals surface area contributed by atoms with E-state index in [1.165, 1.54) is 6.07 Å². The molecule has 4 nitrogen and oxygen atoms in total. The number of aliphatic hydroxyl groups is 1. The zero-order valence-corrected chi connectivity index (χ0v) is 12.6. The molecular formula is C18H22O4. The monoisotopic (exact) mass is 302 g/mol. The number of phenolic OH excluding ortho intramolecular Hbond substituents is 3. The first-order valence-electron chi connectivity index (χ1n) is 7.48. The van der Waals surface area contributed by atoms with Crippen LogP contribution in [-0.2, 0) is 0 Å². The Bertz CT molecular complexity index is 607. The molecule has 0 aromatic heterocycles. The molecule has 0 aliphatic heterocycles. The summed E-state index contributed by atoms with van der Waals surface area (Å²) in [7, 11) is 0. The standard InChI is InChI=1S/C18H22O4/c1-2-15(12-3-6-14(20)7-4-12)16(9-10-19)13-5-8-17(21)18(22)11-13/h3-8,11,15-16,19-22H,2,9-10H2,1H3. The molecule has 0 saturated heterocycles. The SMILES string of the molecule is CCC(c1ccc(O)cc1)C(CCO)c1ccc(O)c(O)c1. The minimum atomic E-state index is -0.152. The van der Waals surface area contributed by atoms with E-state index in [1.807, 2.05) is 12.1 Å². The molecule has 0 spiro atoms. The van der Waals surface area contributed by atoms with Gasteiger partial charge in [-0.3, -0.25) is 0 Å². The van der Waals surface area contributed by atoms with Gasteiger partial charge in [-0.15, -0.1) is 0 Å². The summed E-state index contributed by atoms with van der Waals surface area (Å²) in [5.41, 5.74) is 1.95. The highest BCUT2D eigenvalue weighted by Crippen LogP contribution is 2.40. The van der Waals surface area contributed by atoms with Gasteiger partial charge in [-0.1, -0.05) is 25.1 Å². The topological polar surface area (TPSA) is 80.9 Å². The van der Waals surface area contributed by atoms with Crippen LogP contribution in [0.15, 0.2) is 42.5 Å². The fourth-order valence-corrected chi connectivity index (χ4v) is 2.98. The Kier molecular flexibility index (Phi) is 5.28. The molecule has 0 saturated carbocycles. The fourth-order valence-electron chi connectivity index (χ4n) is 2.98. The molecule has 2 aromatic rings. The second kappa shape index (κ2) is 7.18. The van der Waals surface area contributed by atoms with E-state index >= 15 is 0 Å². The van der Waals surface area contributed by atoms with Crippen molar-refractivity contribution >= 4 is 0 Å². The normalized spacial score (nSPS) is 13.7. The third kappa shape index (κ3) is 3.52. The molecule has 22 heavy (non-hydrogen) atoms. The van der Waals surface area contributed by atoms with Gasteiger partial charge < -0.3 is 20.4 Å². The second-order valence-corrected chi connectivity index (χ2v) is 5.47. The van der Waals surface area contributed by atoms with Gasteiger partial charge in [0.1, 0.15) is 5.75 Å². The van der Waals surface area contributed by atoms with E-state index in [-0.39, 0.29) is 35.7 Å². The van der Waals surface area contributed by atoms with E-state index in [1.54, 1.807) is 24.3 Å². The van der Waals surface area contributed by atoms with Crippen LogP contribution in [0.5, 0.6) is 17.2 Å². The van der Waals surface area contributed by atoms with Gasteiger partial charge in [-0.2, -0.15) is 0 Å². The molecule has 0 radical (unpaired) electrons. The molecule has 4 N–H and O–H groups in total. The third-order valence-corrected chi connectivity index (χ3v) is 4.11. The Labute approximate surface area is 130 Å². The number of aromatic hydroxyl groups is 3. The maximum Gasteiger partial charge on any atom is 0.157 e. The minimum absolute atomic E-state index is 0.0195. The first-order chi connectivity index (χ1) is 10.6. The Hall–Kier alpha value is -2.20. The van der Waals surface area contributed by atoms with Crippen molar-refractivity contribution in [3.63, 3.8) is 0 Å². The predicted octanol–water partition coefficient (Wildman–Crippen LogP) is 3.46. The summed E-state index contributed by atoms with van der Waals surface area (Å²) in [6.07, 6.45) is 1.42. The van der Waals surface area contributed by atoms with E-state index in [4.69, 9.17) is 0 Å². The number of hydrogen-bond acceptors (Lipinski definition) is 4. The molecule has 0 bridgehead atoms. The molecule has 0 aliphatic rings. The van der Waals surface area contributed by atoms with Crippen LogP contribution < -0.4 is 0 Å². The summed E-state index contributed by atoms with van der Waals surface area (Å²) in [5.74, 6) is 0.0903. The van der Waals surface area contributed by atoms with Gasteiger partial charge in [0.05, 0.1) is 0 Å². The Morgan fingerprint density at radius 1 is 0.818 bits per heavy atom. The zero-order valence-electron chi connectivity index (χ0n) is 12.6. The Morgan fingerprint density at radius 3 is 2.00 bits per heavy atom. The van der Waals surface area contributed by atoms with Gasteiger partial charge in [0.15, 0.2) is 11.5 Å². The quantitative estimate of drug-likeness (QED) is 0.616. The molecule has 4 heteroatoms. The van der Waals surface area contributed by atoms with Crippen molar-refractivity contribution in [3.05, 3.63) is 53.6 Å². The van der Waals surface area contributed by atoms with Crippen molar-refractivity contribution in [2.24, 2.45) is 0 Å². The molecule has 0 fully saturated rings. The third-order valence-electron chi connectivity index (χ3n) is 4.11. The first-order valence-corrected chi connectivity index (χ1v) is 7.48. The summed E-state index contributed by atoms with van der Waals surface area (Å²) < 4.78 is 0. The van der Waals surface area contributed by atoms with E-state index < -0.39 is 0 Å². The number of rotatable bonds is 6. The lowest BCUT2D eigenvalue weighted by Crippen LogP contribution is -2.12. The van der Waals surface area contributed by atoms with Crippen LogP contribution >= 0.6 is 0 Å². The summed E-state index contributed by atoms with van der Waals surface area (Å²) in [6, 6.07) is 11.9. The van der Waals surface area contributed by atoms with E-state index in [2.05, 4.69) is 6.92 Å². The van der Waals surface area contributed by atoms with E-state index in [9.17, 15) is 20.4 Å². The molecule has 0 heterocycles. The van der Waals surface area contributed by atoms with Crippen molar-refractivity contribution in [1.29, 1.82) is 0 Å². The Balaban J connectivity index is 2.39. The molecule has 118 valence electrons. The number of benzene rings is 2. The van der Waals surface area contributed by atoms with Gasteiger partial charge in [0.2, 0.25) is 0 Å². The predicted molar refractivity (Wildman–Crippen MR) is 85.4 cm³/mol. The lowest BCUT2D eigenvalue weighted by molar-refractivity contribution is 0.265. The fraction of sp³-hybridized carbons (Fsp3) is 0.333. The summed E-state index contributed by atoms with van der Waals surface area (Å²) in [6.45, 7) is 2.11. The summed E-state index contributed by atoms with van der Waals surface area (Å²) in [5, 5.41) is 38.0. The van der Waals surface area contributed by atoms with Crippen molar-refractivity contribution in [1.82, 2.24) is 0 Å². The molecule has 2 rings (SSSR count). The van der Waals surface area contributed by atoms with Crippen molar-refractivity contribution in [2.45, 2.75) is 31.6 Å². The van der Waals surface area contributed by atoms with Crippen LogP contribution in [0, 0.1) is 0 Å².